The van der Waals surface area contributed by atoms with Crippen LogP contribution >= 0.6 is 0 Å². The number of cyclic esters (lactones) is 1. The lowest BCUT2D eigenvalue weighted by Crippen LogP contribution is -2.57. The highest BCUT2D eigenvalue weighted by molar-refractivity contribution is 5.87. The smallest absolute Gasteiger partial charge is 0.324 e. The molecule has 4 nitrogen and oxygen atoms in total. The predicted molar refractivity (Wildman–Crippen MR) is 74.9 cm³/mol. The van der Waals surface area contributed by atoms with Crippen LogP contribution in [0.15, 0.2) is 0 Å². The number of rotatable bonds is 6. The van der Waals surface area contributed by atoms with E-state index >= 15 is 0 Å². The Bertz CT molecular complexity index is 336. The van der Waals surface area contributed by atoms with Crippen molar-refractivity contribution < 1.29 is 14.3 Å². The highest BCUT2D eigenvalue weighted by atomic mass is 16.6. The van der Waals surface area contributed by atoms with Crippen LogP contribution in [0.3, 0.4) is 0 Å². The van der Waals surface area contributed by atoms with Gasteiger partial charge in [0.2, 0.25) is 0 Å². The van der Waals surface area contributed by atoms with Gasteiger partial charge in [-0.2, -0.15) is 0 Å². The molecule has 1 fully saturated rings. The molecule has 0 spiro atoms. The van der Waals surface area contributed by atoms with Crippen LogP contribution in [0.4, 0.5) is 0 Å². The Morgan fingerprint density at radius 2 is 2.11 bits per heavy atom. The normalized spacial score (nSPS) is 23.5. The minimum atomic E-state index is -0.454. The Balaban J connectivity index is 2.60. The summed E-state index contributed by atoms with van der Waals surface area (Å²) in [6.07, 6.45) is 1.73. The summed E-state index contributed by atoms with van der Waals surface area (Å²) in [6.45, 7) is 11.5. The van der Waals surface area contributed by atoms with E-state index < -0.39 is 11.6 Å². The minimum absolute atomic E-state index is 0.161. The van der Waals surface area contributed by atoms with Gasteiger partial charge in [-0.05, 0) is 32.7 Å². The molecule has 0 amide bonds. The summed E-state index contributed by atoms with van der Waals surface area (Å²) < 4.78 is 5.41. The maximum absolute atomic E-state index is 12.0. The maximum atomic E-state index is 12.0. The molecule has 0 radical (unpaired) electrons. The molecule has 0 N–H and O–H groups in total. The summed E-state index contributed by atoms with van der Waals surface area (Å²) in [4.78, 5) is 26.0. The number of Topliss-reactive ketones (excluding diaryl/α,β-unsaturated/α-hetero) is 1. The molecule has 0 aromatic heterocycles. The molecule has 1 atom stereocenters. The number of esters is 1. The fraction of sp³-hybridized carbons (Fsp3) is 0.867. The van der Waals surface area contributed by atoms with E-state index in [0.29, 0.717) is 18.9 Å². The molecule has 4 heteroatoms. The first-order valence-corrected chi connectivity index (χ1v) is 7.23. The van der Waals surface area contributed by atoms with Gasteiger partial charge in [-0.1, -0.05) is 20.8 Å². The molecule has 0 saturated carbocycles. The van der Waals surface area contributed by atoms with Gasteiger partial charge in [0.1, 0.15) is 17.4 Å². The van der Waals surface area contributed by atoms with Crippen LogP contribution in [0.5, 0.6) is 0 Å². The van der Waals surface area contributed by atoms with Gasteiger partial charge in [0.25, 0.3) is 0 Å². The summed E-state index contributed by atoms with van der Waals surface area (Å²) in [5.74, 6) is 0.424. The van der Waals surface area contributed by atoms with Crippen LogP contribution in [0, 0.1) is 5.92 Å². The third-order valence-corrected chi connectivity index (χ3v) is 3.50. The second-order valence-electron chi connectivity index (χ2n) is 6.44. The monoisotopic (exact) mass is 269 g/mol. The highest BCUT2D eigenvalue weighted by Gasteiger charge is 2.40. The number of hydrogen-bond acceptors (Lipinski definition) is 4. The number of ether oxygens (including phenoxy) is 1. The fourth-order valence-electron chi connectivity index (χ4n) is 2.43. The number of carbonyl (C=O) groups is 2. The average Bonchev–Trinajstić information content (AvgIpc) is 2.28. The standard InChI is InChI=1S/C15H27NO3/c1-6-16-10-15(4,5)19-14(18)13(16)9-12(17)8-7-11(2)3/h11,13H,6-10H2,1-5H3. The van der Waals surface area contributed by atoms with E-state index in [1.54, 1.807) is 0 Å². The second-order valence-corrected chi connectivity index (χ2v) is 6.44. The van der Waals surface area contributed by atoms with E-state index in [4.69, 9.17) is 4.74 Å². The van der Waals surface area contributed by atoms with Gasteiger partial charge in [0.15, 0.2) is 0 Å². The van der Waals surface area contributed by atoms with Crippen LogP contribution in [-0.2, 0) is 14.3 Å². The SMILES string of the molecule is CCN1CC(C)(C)OC(=O)C1CC(=O)CCC(C)C. The van der Waals surface area contributed by atoms with Gasteiger partial charge in [-0.3, -0.25) is 14.5 Å². The molecule has 0 aliphatic carbocycles. The molecular formula is C15H27NO3. The van der Waals surface area contributed by atoms with Gasteiger partial charge < -0.3 is 4.74 Å². The van der Waals surface area contributed by atoms with Gasteiger partial charge in [-0.25, -0.2) is 0 Å². The lowest BCUT2D eigenvalue weighted by molar-refractivity contribution is -0.178. The molecular weight excluding hydrogens is 242 g/mol. The Morgan fingerprint density at radius 3 is 2.63 bits per heavy atom. The van der Waals surface area contributed by atoms with E-state index in [1.165, 1.54) is 0 Å². The lowest BCUT2D eigenvalue weighted by atomic mass is 9.97. The zero-order valence-electron chi connectivity index (χ0n) is 12.9. The molecule has 1 aliphatic heterocycles. The molecule has 19 heavy (non-hydrogen) atoms. The van der Waals surface area contributed by atoms with Gasteiger partial charge in [-0.15, -0.1) is 0 Å². The minimum Gasteiger partial charge on any atom is -0.457 e. The van der Waals surface area contributed by atoms with E-state index in [-0.39, 0.29) is 18.2 Å². The van der Waals surface area contributed by atoms with Crippen LogP contribution in [0.2, 0.25) is 0 Å². The van der Waals surface area contributed by atoms with E-state index in [9.17, 15) is 9.59 Å². The van der Waals surface area contributed by atoms with Crippen molar-refractivity contribution in [1.82, 2.24) is 4.90 Å². The van der Waals surface area contributed by atoms with Crippen molar-refractivity contribution in [2.75, 3.05) is 13.1 Å². The van der Waals surface area contributed by atoms with Crippen molar-refractivity contribution in [2.45, 2.75) is 65.5 Å². The maximum Gasteiger partial charge on any atom is 0.324 e. The zero-order valence-corrected chi connectivity index (χ0v) is 12.9. The van der Waals surface area contributed by atoms with Crippen LogP contribution in [0.25, 0.3) is 0 Å². The van der Waals surface area contributed by atoms with E-state index in [2.05, 4.69) is 18.7 Å². The van der Waals surface area contributed by atoms with E-state index in [0.717, 1.165) is 13.0 Å². The Morgan fingerprint density at radius 1 is 1.47 bits per heavy atom. The summed E-state index contributed by atoms with van der Waals surface area (Å²) in [7, 11) is 0. The Labute approximate surface area is 116 Å². The molecule has 1 heterocycles. The molecule has 1 saturated heterocycles. The molecule has 110 valence electrons. The molecule has 1 rings (SSSR count). The van der Waals surface area contributed by atoms with Crippen LogP contribution < -0.4 is 0 Å². The number of ketones is 1. The van der Waals surface area contributed by atoms with E-state index in [1.807, 2.05) is 20.8 Å². The number of hydrogen-bond donors (Lipinski definition) is 0. The first kappa shape index (κ1) is 16.2. The average molecular weight is 269 g/mol. The van der Waals surface area contributed by atoms with Gasteiger partial charge >= 0.3 is 5.97 Å². The van der Waals surface area contributed by atoms with Crippen molar-refractivity contribution >= 4 is 11.8 Å². The van der Waals surface area contributed by atoms with Crippen molar-refractivity contribution in [3.05, 3.63) is 0 Å². The molecule has 0 aromatic carbocycles. The highest BCUT2D eigenvalue weighted by Crippen LogP contribution is 2.24. The van der Waals surface area contributed by atoms with Crippen LogP contribution in [0.1, 0.15) is 53.9 Å². The number of likely N-dealkylation sites (N-methyl/N-ethyl adjacent to an activating group) is 1. The third-order valence-electron chi connectivity index (χ3n) is 3.50. The summed E-state index contributed by atoms with van der Waals surface area (Å²) in [5, 5.41) is 0. The molecule has 0 aromatic rings. The Kier molecular flexibility index (Phi) is 5.53. The van der Waals surface area contributed by atoms with Gasteiger partial charge in [0, 0.05) is 19.4 Å². The fourth-order valence-corrected chi connectivity index (χ4v) is 2.43. The summed E-state index contributed by atoms with van der Waals surface area (Å²) in [6, 6.07) is -0.391. The number of nitrogens with zero attached hydrogens (tertiary/aromatic N) is 1. The molecule has 1 unspecified atom stereocenters. The van der Waals surface area contributed by atoms with Crippen molar-refractivity contribution in [3.8, 4) is 0 Å². The second kappa shape index (κ2) is 6.51. The number of morpholine rings is 1. The molecule has 0 bridgehead atoms. The lowest BCUT2D eigenvalue weighted by Gasteiger charge is -2.41. The first-order chi connectivity index (χ1) is 8.75. The van der Waals surface area contributed by atoms with Crippen molar-refractivity contribution in [2.24, 2.45) is 5.92 Å². The number of carbonyl (C=O) groups excluding carboxylic acids is 2. The zero-order chi connectivity index (χ0) is 14.6. The first-order valence-electron chi connectivity index (χ1n) is 7.23. The topological polar surface area (TPSA) is 46.6 Å². The third kappa shape index (κ3) is 4.94. The summed E-state index contributed by atoms with van der Waals surface area (Å²) >= 11 is 0. The van der Waals surface area contributed by atoms with Gasteiger partial charge in [0.05, 0.1) is 0 Å². The molecule has 1 aliphatic rings. The van der Waals surface area contributed by atoms with Crippen LogP contribution in [-0.4, -0.2) is 41.4 Å². The van der Waals surface area contributed by atoms with Crippen molar-refractivity contribution in [3.63, 3.8) is 0 Å². The Hall–Kier alpha value is -0.900. The quantitative estimate of drug-likeness (QED) is 0.695. The largest absolute Gasteiger partial charge is 0.457 e. The summed E-state index contributed by atoms with van der Waals surface area (Å²) in [5.41, 5.74) is -0.454. The van der Waals surface area contributed by atoms with Crippen molar-refractivity contribution in [1.29, 1.82) is 0 Å². The predicted octanol–water partition coefficient (Wildman–Crippen LogP) is 2.41.